The van der Waals surface area contributed by atoms with Crippen molar-refractivity contribution < 1.29 is 0 Å². The highest BCUT2D eigenvalue weighted by Crippen LogP contribution is 2.29. The molecule has 0 aliphatic carbocycles. The second-order valence-corrected chi connectivity index (χ2v) is 6.37. The molecule has 21 heavy (non-hydrogen) atoms. The van der Waals surface area contributed by atoms with Crippen LogP contribution in [0.2, 0.25) is 5.02 Å². The van der Waals surface area contributed by atoms with E-state index in [1.807, 2.05) is 13.0 Å². The third-order valence-electron chi connectivity index (χ3n) is 4.30. The first-order chi connectivity index (χ1) is 10.1. The number of aryl methyl sites for hydroxylation is 1. The van der Waals surface area contributed by atoms with Gasteiger partial charge in [0, 0.05) is 36.6 Å². The minimum Gasteiger partial charge on any atom is -0.326 e. The Labute approximate surface area is 131 Å². The smallest absolute Gasteiger partial charge is 0.0435 e. The van der Waals surface area contributed by atoms with Crippen LogP contribution in [0, 0.1) is 6.92 Å². The molecule has 2 N–H and O–H groups in total. The Hall–Kier alpha value is -1.35. The molecule has 0 spiro atoms. The molecule has 1 aliphatic heterocycles. The van der Waals surface area contributed by atoms with Crippen LogP contribution in [0.15, 0.2) is 48.5 Å². The molecule has 0 bridgehead atoms. The van der Waals surface area contributed by atoms with Gasteiger partial charge < -0.3 is 5.73 Å². The number of nitrogens with two attached hydrogens (primary N) is 1. The van der Waals surface area contributed by atoms with Gasteiger partial charge in [0.1, 0.15) is 0 Å². The first-order valence-corrected chi connectivity index (χ1v) is 7.79. The van der Waals surface area contributed by atoms with Gasteiger partial charge in [-0.3, -0.25) is 4.90 Å². The van der Waals surface area contributed by atoms with Gasteiger partial charge in [0.15, 0.2) is 0 Å². The first-order valence-electron chi connectivity index (χ1n) is 7.41. The van der Waals surface area contributed by atoms with Gasteiger partial charge in [-0.2, -0.15) is 0 Å². The standard InChI is InChI=1S/C18H21ClN2/c1-13-9-15(7-8-17(13)19)16-11-21(12-18(16)20)10-14-5-3-2-4-6-14/h2-9,16,18H,10-12,20H2,1H3/t16-,18+/m1/s1. The predicted molar refractivity (Wildman–Crippen MR) is 88.6 cm³/mol. The molecule has 0 unspecified atom stereocenters. The Morgan fingerprint density at radius 2 is 1.90 bits per heavy atom. The van der Waals surface area contributed by atoms with Crippen molar-refractivity contribution in [2.75, 3.05) is 13.1 Å². The maximum atomic E-state index is 6.37. The van der Waals surface area contributed by atoms with E-state index in [0.717, 1.165) is 30.2 Å². The molecule has 1 heterocycles. The number of rotatable bonds is 3. The highest BCUT2D eigenvalue weighted by atomic mass is 35.5. The monoisotopic (exact) mass is 300 g/mol. The van der Waals surface area contributed by atoms with Crippen LogP contribution in [0.1, 0.15) is 22.6 Å². The van der Waals surface area contributed by atoms with Crippen molar-refractivity contribution in [2.45, 2.75) is 25.4 Å². The van der Waals surface area contributed by atoms with E-state index in [1.54, 1.807) is 0 Å². The van der Waals surface area contributed by atoms with Crippen molar-refractivity contribution in [3.8, 4) is 0 Å². The summed E-state index contributed by atoms with van der Waals surface area (Å²) in [6, 6.07) is 17.0. The van der Waals surface area contributed by atoms with E-state index in [4.69, 9.17) is 17.3 Å². The van der Waals surface area contributed by atoms with Crippen molar-refractivity contribution in [1.82, 2.24) is 4.90 Å². The fourth-order valence-corrected chi connectivity index (χ4v) is 3.25. The number of likely N-dealkylation sites (tertiary alicyclic amines) is 1. The van der Waals surface area contributed by atoms with E-state index in [0.29, 0.717) is 5.92 Å². The van der Waals surface area contributed by atoms with Crippen LogP contribution in [-0.2, 0) is 6.54 Å². The van der Waals surface area contributed by atoms with Gasteiger partial charge in [0.25, 0.3) is 0 Å². The molecule has 0 aromatic heterocycles. The molecule has 2 aromatic carbocycles. The average molecular weight is 301 g/mol. The summed E-state index contributed by atoms with van der Waals surface area (Å²) in [5, 5.41) is 0.825. The predicted octanol–water partition coefficient (Wildman–Crippen LogP) is 3.58. The summed E-state index contributed by atoms with van der Waals surface area (Å²) < 4.78 is 0. The van der Waals surface area contributed by atoms with Gasteiger partial charge in [-0.05, 0) is 29.7 Å². The Morgan fingerprint density at radius 3 is 2.62 bits per heavy atom. The zero-order chi connectivity index (χ0) is 14.8. The number of halogens is 1. The maximum absolute atomic E-state index is 6.37. The van der Waals surface area contributed by atoms with Crippen LogP contribution in [0.25, 0.3) is 0 Å². The molecule has 1 fully saturated rings. The summed E-state index contributed by atoms with van der Waals surface area (Å²) in [7, 11) is 0. The first kappa shape index (κ1) is 14.6. The van der Waals surface area contributed by atoms with Crippen LogP contribution < -0.4 is 5.73 Å². The molecule has 110 valence electrons. The van der Waals surface area contributed by atoms with Gasteiger partial charge in [0.05, 0.1) is 0 Å². The zero-order valence-electron chi connectivity index (χ0n) is 12.3. The summed E-state index contributed by atoms with van der Waals surface area (Å²) in [6.45, 7) is 4.98. The van der Waals surface area contributed by atoms with E-state index in [-0.39, 0.29) is 6.04 Å². The van der Waals surface area contributed by atoms with E-state index >= 15 is 0 Å². The van der Waals surface area contributed by atoms with Crippen molar-refractivity contribution in [3.05, 3.63) is 70.2 Å². The number of benzene rings is 2. The summed E-state index contributed by atoms with van der Waals surface area (Å²) in [5.74, 6) is 0.393. The average Bonchev–Trinajstić information content (AvgIpc) is 2.84. The van der Waals surface area contributed by atoms with E-state index < -0.39 is 0 Å². The Bertz CT molecular complexity index is 612. The lowest BCUT2D eigenvalue weighted by atomic mass is 9.94. The van der Waals surface area contributed by atoms with Crippen molar-refractivity contribution in [2.24, 2.45) is 5.73 Å². The number of hydrogen-bond acceptors (Lipinski definition) is 2. The van der Waals surface area contributed by atoms with E-state index in [2.05, 4.69) is 47.4 Å². The van der Waals surface area contributed by atoms with Crippen molar-refractivity contribution >= 4 is 11.6 Å². The Balaban J connectivity index is 1.72. The third kappa shape index (κ3) is 3.29. The third-order valence-corrected chi connectivity index (χ3v) is 4.72. The molecule has 0 radical (unpaired) electrons. The van der Waals surface area contributed by atoms with Crippen LogP contribution in [0.4, 0.5) is 0 Å². The van der Waals surface area contributed by atoms with Crippen molar-refractivity contribution in [3.63, 3.8) is 0 Å². The lowest BCUT2D eigenvalue weighted by Gasteiger charge is -2.17. The molecule has 2 atom stereocenters. The van der Waals surface area contributed by atoms with E-state index in [1.165, 1.54) is 11.1 Å². The summed E-state index contributed by atoms with van der Waals surface area (Å²) >= 11 is 6.12. The van der Waals surface area contributed by atoms with Gasteiger partial charge in [0.2, 0.25) is 0 Å². The largest absolute Gasteiger partial charge is 0.326 e. The molecular formula is C18H21ClN2. The molecule has 1 saturated heterocycles. The molecule has 3 rings (SSSR count). The van der Waals surface area contributed by atoms with Gasteiger partial charge in [-0.1, -0.05) is 54.1 Å². The quantitative estimate of drug-likeness (QED) is 0.939. The molecule has 2 aromatic rings. The second kappa shape index (κ2) is 6.18. The molecule has 0 amide bonds. The van der Waals surface area contributed by atoms with Crippen LogP contribution in [0.5, 0.6) is 0 Å². The fraction of sp³-hybridized carbons (Fsp3) is 0.333. The van der Waals surface area contributed by atoms with Gasteiger partial charge in [-0.15, -0.1) is 0 Å². The minimum absolute atomic E-state index is 0.189. The summed E-state index contributed by atoms with van der Waals surface area (Å²) in [4.78, 5) is 2.44. The van der Waals surface area contributed by atoms with Crippen molar-refractivity contribution in [1.29, 1.82) is 0 Å². The molecule has 0 saturated carbocycles. The lowest BCUT2D eigenvalue weighted by Crippen LogP contribution is -2.28. The normalized spacial score (nSPS) is 22.6. The minimum atomic E-state index is 0.189. The zero-order valence-corrected chi connectivity index (χ0v) is 13.1. The second-order valence-electron chi connectivity index (χ2n) is 5.96. The van der Waals surface area contributed by atoms with E-state index in [9.17, 15) is 0 Å². The molecule has 3 heteroatoms. The molecular weight excluding hydrogens is 280 g/mol. The van der Waals surface area contributed by atoms with Crippen LogP contribution in [-0.4, -0.2) is 24.0 Å². The van der Waals surface area contributed by atoms with Crippen LogP contribution in [0.3, 0.4) is 0 Å². The fourth-order valence-electron chi connectivity index (χ4n) is 3.14. The highest BCUT2D eigenvalue weighted by Gasteiger charge is 2.31. The SMILES string of the molecule is Cc1cc([C@H]2CN(Cc3ccccc3)C[C@@H]2N)ccc1Cl. The van der Waals surface area contributed by atoms with Gasteiger partial charge >= 0.3 is 0 Å². The summed E-state index contributed by atoms with van der Waals surface area (Å²) in [5.41, 5.74) is 10.1. The Morgan fingerprint density at radius 1 is 1.14 bits per heavy atom. The number of hydrogen-bond donors (Lipinski definition) is 1. The van der Waals surface area contributed by atoms with Gasteiger partial charge in [-0.25, -0.2) is 0 Å². The topological polar surface area (TPSA) is 29.3 Å². The maximum Gasteiger partial charge on any atom is 0.0435 e. The molecule has 1 aliphatic rings. The lowest BCUT2D eigenvalue weighted by molar-refractivity contribution is 0.324. The highest BCUT2D eigenvalue weighted by molar-refractivity contribution is 6.31. The number of nitrogens with zero attached hydrogens (tertiary/aromatic N) is 1. The molecule has 2 nitrogen and oxygen atoms in total. The summed E-state index contributed by atoms with van der Waals surface area (Å²) in [6.07, 6.45) is 0. The Kier molecular flexibility index (Phi) is 4.29. The van der Waals surface area contributed by atoms with Crippen LogP contribution >= 0.6 is 11.6 Å².